The Bertz CT molecular complexity index is 166. The van der Waals surface area contributed by atoms with E-state index in [0.29, 0.717) is 12.0 Å². The average Bonchev–Trinajstić information content (AvgIpc) is 2.35. The first-order valence-corrected chi connectivity index (χ1v) is 3.73. The predicted molar refractivity (Wildman–Crippen MR) is 41.0 cm³/mol. The molecule has 3 heteroatoms. The summed E-state index contributed by atoms with van der Waals surface area (Å²) in [5, 5.41) is 6.31. The van der Waals surface area contributed by atoms with Crippen molar-refractivity contribution in [2.45, 2.75) is 6.04 Å². The largest absolute Gasteiger partial charge is 0.304 e. The maximum absolute atomic E-state index is 4.24. The highest BCUT2D eigenvalue weighted by molar-refractivity contribution is 5.64. The molecule has 0 N–H and O–H groups in total. The van der Waals surface area contributed by atoms with Crippen molar-refractivity contribution in [3.63, 3.8) is 0 Å². The molecule has 3 nitrogen and oxygen atoms in total. The van der Waals surface area contributed by atoms with E-state index in [-0.39, 0.29) is 0 Å². The van der Waals surface area contributed by atoms with Crippen LogP contribution in [0.15, 0.2) is 5.10 Å². The van der Waals surface area contributed by atoms with Gasteiger partial charge in [0, 0.05) is 32.3 Å². The van der Waals surface area contributed by atoms with Crippen LogP contribution in [0.3, 0.4) is 0 Å². The molecule has 0 radical (unpaired) electrons. The number of rotatable bonds is 0. The van der Waals surface area contributed by atoms with Crippen molar-refractivity contribution in [3.8, 4) is 0 Å². The smallest absolute Gasteiger partial charge is 0.0684 e. The van der Waals surface area contributed by atoms with Crippen LogP contribution in [-0.2, 0) is 0 Å². The molecule has 2 aliphatic rings. The van der Waals surface area contributed by atoms with E-state index in [1.165, 1.54) is 13.1 Å². The second-order valence-electron chi connectivity index (χ2n) is 3.29. The first-order valence-electron chi connectivity index (χ1n) is 3.73. The summed E-state index contributed by atoms with van der Waals surface area (Å²) < 4.78 is 0. The van der Waals surface area contributed by atoms with Gasteiger partial charge in [-0.3, -0.25) is 5.01 Å². The summed E-state index contributed by atoms with van der Waals surface area (Å²) >= 11 is 0. The van der Waals surface area contributed by atoms with E-state index in [0.717, 1.165) is 0 Å². The van der Waals surface area contributed by atoms with Gasteiger partial charge in [0.1, 0.15) is 0 Å². The number of hydrazone groups is 1. The number of likely N-dealkylation sites (tertiary alicyclic amines) is 1. The lowest BCUT2D eigenvalue weighted by atomic mass is 10.1. The lowest BCUT2D eigenvalue weighted by molar-refractivity contribution is 0.262. The van der Waals surface area contributed by atoms with Gasteiger partial charge in [0.05, 0.1) is 6.04 Å². The molecular formula is C7H13N3. The Balaban J connectivity index is 2.12. The van der Waals surface area contributed by atoms with E-state index in [1.54, 1.807) is 0 Å². The maximum Gasteiger partial charge on any atom is 0.0684 e. The van der Waals surface area contributed by atoms with Gasteiger partial charge in [-0.25, -0.2) is 0 Å². The molecule has 0 amide bonds. The highest BCUT2D eigenvalue weighted by Crippen LogP contribution is 2.22. The monoisotopic (exact) mass is 139 g/mol. The Hall–Kier alpha value is -0.570. The van der Waals surface area contributed by atoms with Crippen molar-refractivity contribution in [2.24, 2.45) is 11.0 Å². The van der Waals surface area contributed by atoms with Gasteiger partial charge >= 0.3 is 0 Å². The first-order chi connectivity index (χ1) is 4.77. The summed E-state index contributed by atoms with van der Waals surface area (Å²) in [6.45, 7) is 2.35. The molecule has 0 aromatic rings. The van der Waals surface area contributed by atoms with E-state index in [4.69, 9.17) is 0 Å². The Morgan fingerprint density at radius 3 is 2.90 bits per heavy atom. The molecule has 2 rings (SSSR count). The molecule has 2 atom stereocenters. The van der Waals surface area contributed by atoms with Crippen LogP contribution in [0, 0.1) is 5.92 Å². The summed E-state index contributed by atoms with van der Waals surface area (Å²) in [6, 6.07) is 0.657. The normalized spacial score (nSPS) is 39.2. The lowest BCUT2D eigenvalue weighted by Crippen LogP contribution is -2.29. The molecule has 0 aliphatic carbocycles. The summed E-state index contributed by atoms with van der Waals surface area (Å²) in [4.78, 5) is 2.36. The third-order valence-electron chi connectivity index (χ3n) is 2.44. The van der Waals surface area contributed by atoms with Gasteiger partial charge in [0.2, 0.25) is 0 Å². The van der Waals surface area contributed by atoms with Gasteiger partial charge in [-0.1, -0.05) is 0 Å². The SMILES string of the molecule is CN1CC2C=NN(C)C2C1. The lowest BCUT2D eigenvalue weighted by Gasteiger charge is -2.17. The third kappa shape index (κ3) is 0.736. The van der Waals surface area contributed by atoms with Crippen molar-refractivity contribution in [1.82, 2.24) is 9.91 Å². The zero-order valence-corrected chi connectivity index (χ0v) is 6.49. The molecule has 56 valence electrons. The highest BCUT2D eigenvalue weighted by Gasteiger charge is 2.35. The minimum absolute atomic E-state index is 0.657. The van der Waals surface area contributed by atoms with Crippen molar-refractivity contribution in [1.29, 1.82) is 0 Å². The Kier molecular flexibility index (Phi) is 1.20. The van der Waals surface area contributed by atoms with Gasteiger partial charge < -0.3 is 4.90 Å². The van der Waals surface area contributed by atoms with Crippen molar-refractivity contribution in [2.75, 3.05) is 27.2 Å². The first kappa shape index (κ1) is 6.16. The van der Waals surface area contributed by atoms with Crippen LogP contribution >= 0.6 is 0 Å². The summed E-state index contributed by atoms with van der Waals surface area (Å²) in [6.07, 6.45) is 2.08. The van der Waals surface area contributed by atoms with E-state index in [1.807, 2.05) is 0 Å². The molecule has 0 spiro atoms. The second kappa shape index (κ2) is 1.95. The average molecular weight is 139 g/mol. The molecule has 2 unspecified atom stereocenters. The zero-order chi connectivity index (χ0) is 7.14. The molecular weight excluding hydrogens is 126 g/mol. The molecule has 1 fully saturated rings. The van der Waals surface area contributed by atoms with Gasteiger partial charge in [-0.15, -0.1) is 0 Å². The molecule has 2 heterocycles. The third-order valence-corrected chi connectivity index (χ3v) is 2.44. The fourth-order valence-corrected chi connectivity index (χ4v) is 1.83. The predicted octanol–water partition coefficient (Wildman–Crippen LogP) is -0.152. The molecule has 0 aromatic heterocycles. The molecule has 1 saturated heterocycles. The van der Waals surface area contributed by atoms with Crippen LogP contribution in [0.4, 0.5) is 0 Å². The standard InChI is InChI=1S/C7H13N3/c1-9-4-6-3-8-10(2)7(6)5-9/h3,6-7H,4-5H2,1-2H3. The van der Waals surface area contributed by atoms with Crippen LogP contribution in [0.25, 0.3) is 0 Å². The topological polar surface area (TPSA) is 18.8 Å². The van der Waals surface area contributed by atoms with Crippen LogP contribution in [0.5, 0.6) is 0 Å². The quantitative estimate of drug-likeness (QED) is 0.464. The van der Waals surface area contributed by atoms with Crippen molar-refractivity contribution >= 4 is 6.21 Å². The Morgan fingerprint density at radius 2 is 2.20 bits per heavy atom. The van der Waals surface area contributed by atoms with Crippen LogP contribution in [0.1, 0.15) is 0 Å². The van der Waals surface area contributed by atoms with Gasteiger partial charge in [0.15, 0.2) is 0 Å². The zero-order valence-electron chi connectivity index (χ0n) is 6.49. The Labute approximate surface area is 61.3 Å². The number of hydrogen-bond acceptors (Lipinski definition) is 3. The fraction of sp³-hybridized carbons (Fsp3) is 0.857. The number of likely N-dealkylation sites (N-methyl/N-ethyl adjacent to an activating group) is 2. The molecule has 0 aromatic carbocycles. The van der Waals surface area contributed by atoms with E-state index in [2.05, 4.69) is 35.3 Å². The number of nitrogens with zero attached hydrogens (tertiary/aromatic N) is 3. The van der Waals surface area contributed by atoms with Gasteiger partial charge in [0.25, 0.3) is 0 Å². The summed E-state index contributed by atoms with van der Waals surface area (Å²) in [5.41, 5.74) is 0. The number of hydrogen-bond donors (Lipinski definition) is 0. The Morgan fingerprint density at radius 1 is 1.40 bits per heavy atom. The van der Waals surface area contributed by atoms with Crippen LogP contribution < -0.4 is 0 Å². The molecule has 10 heavy (non-hydrogen) atoms. The molecule has 2 aliphatic heterocycles. The van der Waals surface area contributed by atoms with Crippen molar-refractivity contribution in [3.05, 3.63) is 0 Å². The summed E-state index contributed by atoms with van der Waals surface area (Å²) in [7, 11) is 4.22. The van der Waals surface area contributed by atoms with Gasteiger partial charge in [-0.05, 0) is 7.05 Å². The molecule has 0 saturated carbocycles. The van der Waals surface area contributed by atoms with E-state index >= 15 is 0 Å². The highest BCUT2D eigenvalue weighted by atomic mass is 15.5. The van der Waals surface area contributed by atoms with E-state index < -0.39 is 0 Å². The molecule has 0 bridgehead atoms. The fourth-order valence-electron chi connectivity index (χ4n) is 1.83. The van der Waals surface area contributed by atoms with Crippen molar-refractivity contribution < 1.29 is 0 Å². The summed E-state index contributed by atoms with van der Waals surface area (Å²) in [5.74, 6) is 0.690. The maximum atomic E-state index is 4.24. The minimum atomic E-state index is 0.657. The van der Waals surface area contributed by atoms with E-state index in [9.17, 15) is 0 Å². The van der Waals surface area contributed by atoms with Gasteiger partial charge in [-0.2, -0.15) is 5.10 Å². The van der Waals surface area contributed by atoms with Crippen LogP contribution in [0.2, 0.25) is 0 Å². The second-order valence-corrected chi connectivity index (χ2v) is 3.29. The number of fused-ring (bicyclic) bond motifs is 1. The minimum Gasteiger partial charge on any atom is -0.304 e. The van der Waals surface area contributed by atoms with Crippen LogP contribution in [-0.4, -0.2) is 49.4 Å².